The summed E-state index contributed by atoms with van der Waals surface area (Å²) in [6.45, 7) is 1.82. The van der Waals surface area contributed by atoms with Crippen LogP contribution in [0.3, 0.4) is 0 Å². The molecule has 1 N–H and O–H groups in total. The molecule has 2 aliphatic rings. The number of piperidine rings is 1. The van der Waals surface area contributed by atoms with E-state index in [4.69, 9.17) is 9.47 Å². The standard InChI is InChI=1S/C20H24FN3O3S/c1-26-17-3-2-14(21)12-18(17)27-16-10-13(11-16)19(25)23-15-4-7-24(8-5-15)20-22-6-9-28-20/h2-3,6,9,12-13,15-16H,4-5,7-8,10-11H2,1H3,(H,23,25)/t13-,16-. The first-order valence-electron chi connectivity index (χ1n) is 9.57. The van der Waals surface area contributed by atoms with Crippen LogP contribution in [-0.2, 0) is 4.79 Å². The van der Waals surface area contributed by atoms with Gasteiger partial charge in [-0.2, -0.15) is 0 Å². The van der Waals surface area contributed by atoms with Crippen molar-refractivity contribution in [1.82, 2.24) is 10.3 Å². The van der Waals surface area contributed by atoms with Gasteiger partial charge >= 0.3 is 0 Å². The fourth-order valence-corrected chi connectivity index (χ4v) is 4.40. The molecule has 0 radical (unpaired) electrons. The number of carbonyl (C=O) groups excluding carboxylic acids is 1. The average molecular weight is 405 g/mol. The third-order valence-corrected chi connectivity index (χ3v) is 6.25. The van der Waals surface area contributed by atoms with Crippen molar-refractivity contribution in [3.63, 3.8) is 0 Å². The van der Waals surface area contributed by atoms with Gasteiger partial charge in [0.2, 0.25) is 5.91 Å². The van der Waals surface area contributed by atoms with Crippen LogP contribution in [0.25, 0.3) is 0 Å². The van der Waals surface area contributed by atoms with Crippen LogP contribution in [-0.4, -0.2) is 43.2 Å². The van der Waals surface area contributed by atoms with Gasteiger partial charge in [0.15, 0.2) is 16.6 Å². The predicted molar refractivity (Wildman–Crippen MR) is 106 cm³/mol. The largest absolute Gasteiger partial charge is 0.493 e. The van der Waals surface area contributed by atoms with E-state index < -0.39 is 0 Å². The lowest BCUT2D eigenvalue weighted by atomic mass is 9.81. The maximum absolute atomic E-state index is 13.4. The lowest BCUT2D eigenvalue weighted by Crippen LogP contribution is -2.50. The normalized spacial score (nSPS) is 22.4. The summed E-state index contributed by atoms with van der Waals surface area (Å²) in [6.07, 6.45) is 4.88. The minimum absolute atomic E-state index is 0.0402. The number of amides is 1. The smallest absolute Gasteiger partial charge is 0.223 e. The summed E-state index contributed by atoms with van der Waals surface area (Å²) in [5.41, 5.74) is 0. The van der Waals surface area contributed by atoms with Crippen LogP contribution < -0.4 is 19.7 Å². The average Bonchev–Trinajstić information content (AvgIpc) is 3.19. The van der Waals surface area contributed by atoms with Crippen molar-refractivity contribution in [2.24, 2.45) is 5.92 Å². The topological polar surface area (TPSA) is 63.7 Å². The molecule has 150 valence electrons. The van der Waals surface area contributed by atoms with Crippen LogP contribution in [0, 0.1) is 11.7 Å². The lowest BCUT2D eigenvalue weighted by molar-refractivity contribution is -0.131. The number of nitrogens with one attached hydrogen (secondary N) is 1. The summed E-state index contributed by atoms with van der Waals surface area (Å²) in [6, 6.07) is 4.42. The molecule has 1 saturated carbocycles. The Labute approximate surface area is 167 Å². The highest BCUT2D eigenvalue weighted by molar-refractivity contribution is 7.13. The number of aromatic nitrogens is 1. The summed E-state index contributed by atoms with van der Waals surface area (Å²) in [5.74, 6) is 0.580. The van der Waals surface area contributed by atoms with Gasteiger partial charge in [0.25, 0.3) is 0 Å². The number of rotatable bonds is 6. The molecule has 6 nitrogen and oxygen atoms in total. The quantitative estimate of drug-likeness (QED) is 0.799. The first-order valence-corrected chi connectivity index (χ1v) is 10.5. The summed E-state index contributed by atoms with van der Waals surface area (Å²) in [5, 5.41) is 6.22. The second kappa shape index (κ2) is 8.34. The van der Waals surface area contributed by atoms with E-state index in [0.717, 1.165) is 31.1 Å². The molecule has 8 heteroatoms. The molecule has 28 heavy (non-hydrogen) atoms. The Kier molecular flexibility index (Phi) is 5.66. The molecule has 1 saturated heterocycles. The van der Waals surface area contributed by atoms with Crippen LogP contribution in [0.15, 0.2) is 29.8 Å². The SMILES string of the molecule is COc1ccc(F)cc1O[C@H]1C[C@H](C(=O)NC2CCN(c3nccs3)CC2)C1. The Hall–Kier alpha value is -2.35. The molecule has 2 fully saturated rings. The molecule has 1 aliphatic heterocycles. The molecular formula is C20H24FN3O3S. The zero-order valence-electron chi connectivity index (χ0n) is 15.8. The zero-order valence-corrected chi connectivity index (χ0v) is 16.6. The third kappa shape index (κ3) is 4.22. The van der Waals surface area contributed by atoms with Gasteiger partial charge in [-0.05, 0) is 37.8 Å². The maximum atomic E-state index is 13.4. The highest BCUT2D eigenvalue weighted by atomic mass is 32.1. The first kappa shape index (κ1) is 19.0. The fraction of sp³-hybridized carbons (Fsp3) is 0.500. The zero-order chi connectivity index (χ0) is 19.5. The summed E-state index contributed by atoms with van der Waals surface area (Å²) in [4.78, 5) is 19.1. The molecule has 1 aromatic carbocycles. The summed E-state index contributed by atoms with van der Waals surface area (Å²) in [7, 11) is 1.52. The number of hydrogen-bond donors (Lipinski definition) is 1. The Morgan fingerprint density at radius 3 is 2.75 bits per heavy atom. The second-order valence-electron chi connectivity index (χ2n) is 7.29. The van der Waals surface area contributed by atoms with E-state index in [1.165, 1.54) is 19.2 Å². The van der Waals surface area contributed by atoms with Crippen molar-refractivity contribution >= 4 is 22.4 Å². The van der Waals surface area contributed by atoms with Crippen LogP contribution in [0.5, 0.6) is 11.5 Å². The van der Waals surface area contributed by atoms with Gasteiger partial charge in [0, 0.05) is 42.7 Å². The number of benzene rings is 1. The molecule has 2 aromatic rings. The van der Waals surface area contributed by atoms with E-state index in [9.17, 15) is 9.18 Å². The predicted octanol–water partition coefficient (Wildman–Crippen LogP) is 3.23. The third-order valence-electron chi connectivity index (χ3n) is 5.42. The van der Waals surface area contributed by atoms with Gasteiger partial charge < -0.3 is 19.7 Å². The van der Waals surface area contributed by atoms with Crippen molar-refractivity contribution in [3.8, 4) is 11.5 Å². The monoisotopic (exact) mass is 405 g/mol. The van der Waals surface area contributed by atoms with Crippen LogP contribution in [0.2, 0.25) is 0 Å². The molecule has 0 spiro atoms. The first-order chi connectivity index (χ1) is 13.6. The highest BCUT2D eigenvalue weighted by Crippen LogP contribution is 2.36. The molecule has 0 bridgehead atoms. The number of halogens is 1. The van der Waals surface area contributed by atoms with Crippen LogP contribution in [0.4, 0.5) is 9.52 Å². The fourth-order valence-electron chi connectivity index (χ4n) is 3.70. The Bertz CT molecular complexity index is 803. The summed E-state index contributed by atoms with van der Waals surface area (Å²) < 4.78 is 24.5. The molecule has 4 rings (SSSR count). The minimum atomic E-state index is -0.367. The van der Waals surface area contributed by atoms with Crippen molar-refractivity contribution in [2.75, 3.05) is 25.1 Å². The summed E-state index contributed by atoms with van der Waals surface area (Å²) >= 11 is 1.65. The molecular weight excluding hydrogens is 381 g/mol. The van der Waals surface area contributed by atoms with E-state index >= 15 is 0 Å². The maximum Gasteiger partial charge on any atom is 0.223 e. The molecule has 1 aromatic heterocycles. The van der Waals surface area contributed by atoms with Crippen molar-refractivity contribution in [3.05, 3.63) is 35.6 Å². The number of anilines is 1. The minimum Gasteiger partial charge on any atom is -0.493 e. The Morgan fingerprint density at radius 1 is 1.29 bits per heavy atom. The van der Waals surface area contributed by atoms with Crippen LogP contribution >= 0.6 is 11.3 Å². The van der Waals surface area contributed by atoms with Gasteiger partial charge in [-0.3, -0.25) is 4.79 Å². The number of nitrogens with zero attached hydrogens (tertiary/aromatic N) is 2. The van der Waals surface area contributed by atoms with E-state index in [1.807, 2.05) is 11.6 Å². The molecule has 0 unspecified atom stereocenters. The number of ether oxygens (including phenoxy) is 2. The van der Waals surface area contributed by atoms with Crippen molar-refractivity contribution in [2.45, 2.75) is 37.8 Å². The molecule has 0 atom stereocenters. The van der Waals surface area contributed by atoms with E-state index in [2.05, 4.69) is 15.2 Å². The molecule has 1 aliphatic carbocycles. The van der Waals surface area contributed by atoms with Gasteiger partial charge in [-0.25, -0.2) is 9.37 Å². The number of methoxy groups -OCH3 is 1. The highest BCUT2D eigenvalue weighted by Gasteiger charge is 2.37. The van der Waals surface area contributed by atoms with E-state index in [1.54, 1.807) is 17.4 Å². The van der Waals surface area contributed by atoms with Gasteiger partial charge in [-0.1, -0.05) is 0 Å². The van der Waals surface area contributed by atoms with Gasteiger partial charge in [0.05, 0.1) is 7.11 Å². The second-order valence-corrected chi connectivity index (χ2v) is 8.16. The van der Waals surface area contributed by atoms with Crippen molar-refractivity contribution in [1.29, 1.82) is 0 Å². The number of carbonyl (C=O) groups is 1. The Balaban J connectivity index is 1.21. The number of hydrogen-bond acceptors (Lipinski definition) is 6. The lowest BCUT2D eigenvalue weighted by Gasteiger charge is -2.37. The number of thiazole rings is 1. The van der Waals surface area contributed by atoms with Gasteiger partial charge in [-0.15, -0.1) is 11.3 Å². The van der Waals surface area contributed by atoms with Crippen molar-refractivity contribution < 1.29 is 18.7 Å². The van der Waals surface area contributed by atoms with E-state index in [-0.39, 0.29) is 29.8 Å². The van der Waals surface area contributed by atoms with Gasteiger partial charge in [0.1, 0.15) is 11.9 Å². The Morgan fingerprint density at radius 2 is 2.07 bits per heavy atom. The molecule has 2 heterocycles. The van der Waals surface area contributed by atoms with E-state index in [0.29, 0.717) is 24.3 Å². The molecule has 1 amide bonds. The van der Waals surface area contributed by atoms with Crippen LogP contribution in [0.1, 0.15) is 25.7 Å².